The minimum atomic E-state index is -0.0473. The minimum absolute atomic E-state index is 0.0191. The number of rotatable bonds is 0. The van der Waals surface area contributed by atoms with Gasteiger partial charge in [0.1, 0.15) is 0 Å². The van der Waals surface area contributed by atoms with E-state index in [9.17, 15) is 4.79 Å². The van der Waals surface area contributed by atoms with Crippen LogP contribution in [-0.2, 0) is 0 Å². The Morgan fingerprint density at radius 2 is 1.25 bits per heavy atom. The summed E-state index contributed by atoms with van der Waals surface area (Å²) in [6, 6.07) is 21.6. The average Bonchev–Trinajstić information content (AvgIpc) is 3.47. The summed E-state index contributed by atoms with van der Waals surface area (Å²) in [6.07, 6.45) is 0. The van der Waals surface area contributed by atoms with Crippen LogP contribution < -0.4 is 4.87 Å². The predicted octanol–water partition coefficient (Wildman–Crippen LogP) is 10.5. The first-order valence-electron chi connectivity index (χ1n) is 12.2. The molecule has 0 bridgehead atoms. The average molecular weight is 632 g/mol. The number of aromatic amines is 1. The third-order valence-corrected chi connectivity index (χ3v) is 7.84. The Balaban J connectivity index is 0.000000147. The fourth-order valence-electron chi connectivity index (χ4n) is 3.63. The monoisotopic (exact) mass is 630 g/mol. The van der Waals surface area contributed by atoms with Crippen molar-refractivity contribution < 1.29 is 5.11 Å². The van der Waals surface area contributed by atoms with Crippen molar-refractivity contribution in [3.05, 3.63) is 125 Å². The van der Waals surface area contributed by atoms with E-state index in [0.29, 0.717) is 10.0 Å². The number of fused-ring (bicyclic) bond motifs is 2. The molecule has 9 heteroatoms. The van der Waals surface area contributed by atoms with Gasteiger partial charge >= 0.3 is 4.87 Å². The van der Waals surface area contributed by atoms with Gasteiger partial charge in [0.2, 0.25) is 0 Å². The van der Waals surface area contributed by atoms with Crippen molar-refractivity contribution >= 4 is 77.9 Å². The second-order valence-corrected chi connectivity index (χ2v) is 12.4. The first kappa shape index (κ1) is 31.7. The van der Waals surface area contributed by atoms with Crippen LogP contribution in [-0.4, -0.2) is 15.1 Å². The summed E-state index contributed by atoms with van der Waals surface area (Å²) in [4.78, 5) is 17.8. The molecule has 6 rings (SSSR count). The summed E-state index contributed by atoms with van der Waals surface area (Å²) in [5, 5.41) is 10.5. The van der Waals surface area contributed by atoms with Gasteiger partial charge in [0.15, 0.2) is 5.75 Å². The van der Waals surface area contributed by atoms with Gasteiger partial charge in [-0.3, -0.25) is 4.79 Å². The molecule has 4 aromatic carbocycles. The van der Waals surface area contributed by atoms with Crippen LogP contribution in [0.1, 0.15) is 27.8 Å². The maximum Gasteiger partial charge on any atom is 0.305 e. The number of benzene rings is 4. The van der Waals surface area contributed by atoms with Crippen molar-refractivity contribution in [1.29, 1.82) is 0 Å². The highest BCUT2D eigenvalue weighted by atomic mass is 35.5. The Bertz CT molecular complexity index is 1720. The van der Waals surface area contributed by atoms with Crippen molar-refractivity contribution in [1.82, 2.24) is 9.97 Å². The first-order valence-corrected chi connectivity index (χ1v) is 15.0. The van der Waals surface area contributed by atoms with E-state index in [1.165, 1.54) is 38.3 Å². The van der Waals surface area contributed by atoms with E-state index in [-0.39, 0.29) is 10.6 Å². The van der Waals surface area contributed by atoms with Gasteiger partial charge in [-0.15, -0.1) is 11.3 Å². The molecular weight excluding hydrogens is 603 g/mol. The van der Waals surface area contributed by atoms with E-state index in [1.807, 2.05) is 63.5 Å². The maximum atomic E-state index is 10.9. The number of hydrogen-bond acceptors (Lipinski definition) is 5. The normalized spacial score (nSPS) is 10.2. The molecular formula is C31H29Cl3N2O2S2. The number of nitrogens with zero attached hydrogens (tertiary/aromatic N) is 1. The minimum Gasteiger partial charge on any atom is -0.505 e. The second-order valence-electron chi connectivity index (χ2n) is 9.22. The molecule has 4 nitrogen and oxygen atoms in total. The number of hydrogen-bond donors (Lipinski definition) is 2. The number of halogens is 3. The van der Waals surface area contributed by atoms with Crippen LogP contribution in [0.15, 0.2) is 77.0 Å². The molecule has 0 aliphatic rings. The Hall–Kier alpha value is -2.87. The summed E-state index contributed by atoms with van der Waals surface area (Å²) in [5.74, 6) is -0.0473. The number of aryl methyl sites for hydroxylation is 5. The van der Waals surface area contributed by atoms with Crippen LogP contribution in [0.2, 0.25) is 15.1 Å². The summed E-state index contributed by atoms with van der Waals surface area (Å²) in [7, 11) is 0. The Kier molecular flexibility index (Phi) is 11.6. The Morgan fingerprint density at radius 3 is 1.85 bits per heavy atom. The van der Waals surface area contributed by atoms with E-state index in [4.69, 9.17) is 39.9 Å². The Labute approximate surface area is 256 Å². The van der Waals surface area contributed by atoms with Gasteiger partial charge in [0.05, 0.1) is 36.0 Å². The zero-order valence-corrected chi connectivity index (χ0v) is 26.6. The fourth-order valence-corrected chi connectivity index (χ4v) is 6.18. The molecule has 0 spiro atoms. The molecule has 0 unspecified atom stereocenters. The van der Waals surface area contributed by atoms with Crippen LogP contribution in [0.25, 0.3) is 20.4 Å². The maximum absolute atomic E-state index is 10.9. The zero-order chi connectivity index (χ0) is 29.4. The molecule has 0 amide bonds. The van der Waals surface area contributed by atoms with E-state index >= 15 is 0 Å². The van der Waals surface area contributed by atoms with Crippen LogP contribution >= 0.6 is 57.5 Å². The van der Waals surface area contributed by atoms with Crippen molar-refractivity contribution in [2.24, 2.45) is 0 Å². The lowest BCUT2D eigenvalue weighted by Crippen LogP contribution is -1.89. The Morgan fingerprint density at radius 1 is 0.700 bits per heavy atom. The predicted molar refractivity (Wildman–Crippen MR) is 175 cm³/mol. The molecule has 2 heterocycles. The number of aromatic hydroxyl groups is 1. The summed E-state index contributed by atoms with van der Waals surface area (Å²) in [5.41, 5.74) is 9.79. The lowest BCUT2D eigenvalue weighted by molar-refractivity contribution is 0.475. The summed E-state index contributed by atoms with van der Waals surface area (Å²) < 4.78 is 2.31. The van der Waals surface area contributed by atoms with Crippen molar-refractivity contribution in [3.8, 4) is 5.75 Å². The summed E-state index contributed by atoms with van der Waals surface area (Å²) >= 11 is 19.9. The highest BCUT2D eigenvalue weighted by Crippen LogP contribution is 2.32. The smallest absolute Gasteiger partial charge is 0.305 e. The molecule has 0 fully saturated rings. The number of aromatic nitrogens is 2. The van der Waals surface area contributed by atoms with E-state index < -0.39 is 0 Å². The SMILES string of the molecule is Cc1cc(C)cc(Cl)c1.Cc1cc(Cl)c(O)c(Cl)c1.Cc1ccc2[nH]c(=O)sc2c1.Cc1ccc2ncsc2c1. The third kappa shape index (κ3) is 9.65. The van der Waals surface area contributed by atoms with Gasteiger partial charge in [0, 0.05) is 5.02 Å². The van der Waals surface area contributed by atoms with Gasteiger partial charge in [-0.2, -0.15) is 0 Å². The third-order valence-electron chi connectivity index (χ3n) is 5.41. The van der Waals surface area contributed by atoms with Crippen molar-refractivity contribution in [3.63, 3.8) is 0 Å². The summed E-state index contributed by atoms with van der Waals surface area (Å²) in [6.45, 7) is 10.1. The second kappa shape index (κ2) is 14.7. The molecule has 2 N–H and O–H groups in total. The van der Waals surface area contributed by atoms with E-state index in [2.05, 4.69) is 41.2 Å². The van der Waals surface area contributed by atoms with Crippen LogP contribution in [0.5, 0.6) is 5.75 Å². The molecule has 0 radical (unpaired) electrons. The van der Waals surface area contributed by atoms with E-state index in [0.717, 1.165) is 26.3 Å². The van der Waals surface area contributed by atoms with Gasteiger partial charge in [-0.1, -0.05) is 64.3 Å². The molecule has 40 heavy (non-hydrogen) atoms. The molecule has 208 valence electrons. The highest BCUT2D eigenvalue weighted by molar-refractivity contribution is 7.16. The van der Waals surface area contributed by atoms with Crippen molar-refractivity contribution in [2.75, 3.05) is 0 Å². The molecule has 0 saturated carbocycles. The molecule has 0 aliphatic carbocycles. The quantitative estimate of drug-likeness (QED) is 0.175. The number of thiazole rings is 2. The highest BCUT2D eigenvalue weighted by Gasteiger charge is 2.03. The van der Waals surface area contributed by atoms with Crippen LogP contribution in [0, 0.1) is 34.6 Å². The fraction of sp³-hybridized carbons (Fsp3) is 0.161. The molecule has 0 aliphatic heterocycles. The van der Waals surface area contributed by atoms with Crippen LogP contribution in [0.4, 0.5) is 0 Å². The number of H-pyrrole nitrogens is 1. The van der Waals surface area contributed by atoms with Gasteiger partial charge in [0.25, 0.3) is 0 Å². The molecule has 6 aromatic rings. The number of nitrogens with one attached hydrogen (secondary N) is 1. The number of phenols is 1. The van der Waals surface area contributed by atoms with Gasteiger partial charge in [-0.25, -0.2) is 4.98 Å². The molecule has 0 atom stereocenters. The number of phenolic OH excluding ortho intramolecular Hbond substituents is 1. The lowest BCUT2D eigenvalue weighted by atomic mass is 10.2. The molecule has 2 aromatic heterocycles. The topological polar surface area (TPSA) is 66.0 Å². The van der Waals surface area contributed by atoms with Crippen LogP contribution in [0.3, 0.4) is 0 Å². The van der Waals surface area contributed by atoms with Gasteiger partial charge in [-0.05, 0) is 111 Å². The molecule has 0 saturated heterocycles. The lowest BCUT2D eigenvalue weighted by Gasteiger charge is -1.99. The first-order chi connectivity index (χ1) is 18.9. The zero-order valence-electron chi connectivity index (χ0n) is 22.7. The van der Waals surface area contributed by atoms with Crippen molar-refractivity contribution in [2.45, 2.75) is 34.6 Å². The standard InChI is InChI=1S/C8H9Cl.C8H7NOS.C8H7NS.C7H6Cl2O/c1-6-3-7(2)5-8(9)4-6;1-5-2-3-6-7(4-5)11-8(10)9-6;1-6-2-3-7-8(4-6)10-5-9-7;1-4-2-5(8)7(10)6(9)3-4/h3-5H,1-2H3;2-4H,1H3,(H,9,10);2-5H,1H3;2-3,10H,1H3. The van der Waals surface area contributed by atoms with E-state index in [1.54, 1.807) is 23.5 Å². The largest absolute Gasteiger partial charge is 0.505 e. The van der Waals surface area contributed by atoms with Gasteiger partial charge < -0.3 is 10.1 Å².